The Labute approximate surface area is 126 Å². The van der Waals surface area contributed by atoms with Gasteiger partial charge in [-0.15, -0.1) is 0 Å². The molecule has 1 N–H and O–H groups in total. The van der Waals surface area contributed by atoms with Gasteiger partial charge in [0, 0.05) is 37.5 Å². The predicted molar refractivity (Wildman–Crippen MR) is 80.7 cm³/mol. The maximum atomic E-state index is 12.2. The number of aromatic nitrogens is 1. The summed E-state index contributed by atoms with van der Waals surface area (Å²) in [5.41, 5.74) is 1.42. The number of carbonyl (C=O) groups excluding carboxylic acids is 1. The third-order valence-corrected chi connectivity index (χ3v) is 3.64. The van der Waals surface area contributed by atoms with Crippen LogP contribution in [0.4, 0.5) is 0 Å². The minimum atomic E-state index is -0.122. The molecule has 20 heavy (non-hydrogen) atoms. The number of phenols is 1. The van der Waals surface area contributed by atoms with Gasteiger partial charge < -0.3 is 10.0 Å². The number of rotatable bonds is 4. The summed E-state index contributed by atoms with van der Waals surface area (Å²) in [5, 5.41) is 9.61. The lowest BCUT2D eigenvalue weighted by Crippen LogP contribution is -2.28. The molecule has 5 heteroatoms. The minimum Gasteiger partial charge on any atom is -0.507 e. The maximum absolute atomic E-state index is 12.2. The van der Waals surface area contributed by atoms with E-state index < -0.39 is 0 Å². The maximum Gasteiger partial charge on any atom is 0.253 e. The van der Waals surface area contributed by atoms with E-state index in [1.165, 1.54) is 6.07 Å². The van der Waals surface area contributed by atoms with Crippen LogP contribution in [0.5, 0.6) is 5.75 Å². The van der Waals surface area contributed by atoms with Gasteiger partial charge in [0.05, 0.1) is 4.47 Å². The first-order chi connectivity index (χ1) is 9.58. The molecule has 0 atom stereocenters. The van der Waals surface area contributed by atoms with Crippen LogP contribution in [0.25, 0.3) is 0 Å². The first kappa shape index (κ1) is 14.5. The third kappa shape index (κ3) is 3.57. The average Bonchev–Trinajstić information content (AvgIpc) is 2.48. The zero-order valence-corrected chi connectivity index (χ0v) is 12.7. The summed E-state index contributed by atoms with van der Waals surface area (Å²) in [6.45, 7) is 0.576. The fourth-order valence-electron chi connectivity index (χ4n) is 1.80. The Morgan fingerprint density at radius 1 is 1.35 bits per heavy atom. The van der Waals surface area contributed by atoms with Crippen molar-refractivity contribution in [2.75, 3.05) is 13.6 Å². The molecule has 2 rings (SSSR count). The second-order valence-corrected chi connectivity index (χ2v) is 5.32. The van der Waals surface area contributed by atoms with Crippen LogP contribution in [0.3, 0.4) is 0 Å². The summed E-state index contributed by atoms with van der Waals surface area (Å²) < 4.78 is 0.574. The molecule has 0 aliphatic rings. The Kier molecular flexibility index (Phi) is 4.74. The molecule has 1 amide bonds. The third-order valence-electron chi connectivity index (χ3n) is 2.97. The highest BCUT2D eigenvalue weighted by molar-refractivity contribution is 9.10. The predicted octanol–water partition coefficient (Wildman–Crippen LogP) is 2.86. The van der Waals surface area contributed by atoms with E-state index in [1.807, 2.05) is 18.2 Å². The highest BCUT2D eigenvalue weighted by Crippen LogP contribution is 2.24. The van der Waals surface area contributed by atoms with Crippen LogP contribution in [0.1, 0.15) is 16.1 Å². The van der Waals surface area contributed by atoms with Gasteiger partial charge >= 0.3 is 0 Å². The van der Waals surface area contributed by atoms with Crippen LogP contribution in [0.15, 0.2) is 47.1 Å². The summed E-state index contributed by atoms with van der Waals surface area (Å²) in [6, 6.07) is 10.5. The number of phenolic OH excluding ortho intramolecular Hbond substituents is 1. The Morgan fingerprint density at radius 2 is 2.15 bits per heavy atom. The number of nitrogens with zero attached hydrogens (tertiary/aromatic N) is 2. The number of aromatic hydroxyl groups is 1. The number of amides is 1. The van der Waals surface area contributed by atoms with Crippen molar-refractivity contribution in [2.45, 2.75) is 6.42 Å². The van der Waals surface area contributed by atoms with Crippen LogP contribution >= 0.6 is 15.9 Å². The lowest BCUT2D eigenvalue weighted by molar-refractivity contribution is 0.0796. The quantitative estimate of drug-likeness (QED) is 0.935. The molecule has 2 aromatic rings. The van der Waals surface area contributed by atoms with E-state index >= 15 is 0 Å². The molecule has 0 aliphatic heterocycles. The van der Waals surface area contributed by atoms with Gasteiger partial charge in [-0.2, -0.15) is 0 Å². The molecule has 1 heterocycles. The summed E-state index contributed by atoms with van der Waals surface area (Å²) in [6.07, 6.45) is 2.44. The molecule has 1 aromatic heterocycles. The van der Waals surface area contributed by atoms with Crippen molar-refractivity contribution in [3.05, 3.63) is 58.3 Å². The first-order valence-electron chi connectivity index (χ1n) is 6.22. The van der Waals surface area contributed by atoms with Crippen LogP contribution < -0.4 is 0 Å². The topological polar surface area (TPSA) is 53.4 Å². The van der Waals surface area contributed by atoms with Crippen LogP contribution in [0, 0.1) is 0 Å². The Morgan fingerprint density at radius 3 is 2.80 bits per heavy atom. The van der Waals surface area contributed by atoms with E-state index in [2.05, 4.69) is 20.9 Å². The van der Waals surface area contributed by atoms with Crippen molar-refractivity contribution >= 4 is 21.8 Å². The van der Waals surface area contributed by atoms with Gasteiger partial charge in [0.2, 0.25) is 0 Å². The molecule has 104 valence electrons. The van der Waals surface area contributed by atoms with Gasteiger partial charge in [-0.05, 0) is 46.3 Å². The van der Waals surface area contributed by atoms with Gasteiger partial charge in [-0.1, -0.05) is 6.07 Å². The standard InChI is InChI=1S/C15H15BrN2O2/c1-18(9-7-12-4-2-3-8-17-12)15(20)11-5-6-13(16)14(19)10-11/h2-6,8,10,19H,7,9H2,1H3. The number of hydrogen-bond donors (Lipinski definition) is 1. The molecule has 0 spiro atoms. The van der Waals surface area contributed by atoms with Crippen molar-refractivity contribution in [1.82, 2.24) is 9.88 Å². The molecule has 0 radical (unpaired) electrons. The number of hydrogen-bond acceptors (Lipinski definition) is 3. The Hall–Kier alpha value is -1.88. The molecule has 1 aromatic carbocycles. The van der Waals surface area contributed by atoms with Gasteiger partial charge in [-0.25, -0.2) is 0 Å². The monoisotopic (exact) mass is 334 g/mol. The Balaban J connectivity index is 1.99. The van der Waals surface area contributed by atoms with Crippen LogP contribution in [0.2, 0.25) is 0 Å². The SMILES string of the molecule is CN(CCc1ccccn1)C(=O)c1ccc(Br)c(O)c1. The molecule has 0 aliphatic carbocycles. The van der Waals surface area contributed by atoms with E-state index in [-0.39, 0.29) is 11.7 Å². The van der Waals surface area contributed by atoms with Crippen LogP contribution in [-0.2, 0) is 6.42 Å². The highest BCUT2D eigenvalue weighted by Gasteiger charge is 2.13. The van der Waals surface area contributed by atoms with Crippen molar-refractivity contribution in [2.24, 2.45) is 0 Å². The summed E-state index contributed by atoms with van der Waals surface area (Å²) in [5.74, 6) is -0.0577. The van der Waals surface area contributed by atoms with E-state index in [9.17, 15) is 9.90 Å². The fraction of sp³-hybridized carbons (Fsp3) is 0.200. The minimum absolute atomic E-state index is 0.0639. The summed E-state index contributed by atoms with van der Waals surface area (Å²) >= 11 is 3.19. The first-order valence-corrected chi connectivity index (χ1v) is 7.01. The molecule has 0 bridgehead atoms. The summed E-state index contributed by atoms with van der Waals surface area (Å²) in [7, 11) is 1.74. The van der Waals surface area contributed by atoms with E-state index in [1.54, 1.807) is 30.3 Å². The smallest absolute Gasteiger partial charge is 0.253 e. The molecule has 0 unspecified atom stereocenters. The number of pyridine rings is 1. The largest absolute Gasteiger partial charge is 0.507 e. The number of halogens is 1. The van der Waals surface area contributed by atoms with Gasteiger partial charge in [0.15, 0.2) is 0 Å². The molecule has 0 saturated carbocycles. The van der Waals surface area contributed by atoms with Crippen molar-refractivity contribution in [3.63, 3.8) is 0 Å². The summed E-state index contributed by atoms with van der Waals surface area (Å²) in [4.78, 5) is 18.1. The zero-order valence-electron chi connectivity index (χ0n) is 11.1. The Bertz CT molecular complexity index is 602. The van der Waals surface area contributed by atoms with E-state index in [4.69, 9.17) is 0 Å². The molecule has 0 saturated heterocycles. The number of benzene rings is 1. The van der Waals surface area contributed by atoms with E-state index in [0.717, 1.165) is 5.69 Å². The zero-order chi connectivity index (χ0) is 14.5. The van der Waals surface area contributed by atoms with Crippen molar-refractivity contribution < 1.29 is 9.90 Å². The number of likely N-dealkylation sites (N-methyl/N-ethyl adjacent to an activating group) is 1. The fourth-order valence-corrected chi connectivity index (χ4v) is 2.04. The molecular weight excluding hydrogens is 320 g/mol. The molecule has 0 fully saturated rings. The highest BCUT2D eigenvalue weighted by atomic mass is 79.9. The lowest BCUT2D eigenvalue weighted by Gasteiger charge is -2.17. The van der Waals surface area contributed by atoms with Crippen LogP contribution in [-0.4, -0.2) is 34.5 Å². The second kappa shape index (κ2) is 6.52. The average molecular weight is 335 g/mol. The lowest BCUT2D eigenvalue weighted by atomic mass is 10.2. The van der Waals surface area contributed by atoms with E-state index in [0.29, 0.717) is 23.0 Å². The molecule has 4 nitrogen and oxygen atoms in total. The van der Waals surface area contributed by atoms with Gasteiger partial charge in [0.25, 0.3) is 5.91 Å². The van der Waals surface area contributed by atoms with Gasteiger partial charge in [-0.3, -0.25) is 9.78 Å². The second-order valence-electron chi connectivity index (χ2n) is 4.46. The molecular formula is C15H15BrN2O2. The van der Waals surface area contributed by atoms with Gasteiger partial charge in [0.1, 0.15) is 5.75 Å². The van der Waals surface area contributed by atoms with Crippen molar-refractivity contribution in [1.29, 1.82) is 0 Å². The van der Waals surface area contributed by atoms with Crippen molar-refractivity contribution in [3.8, 4) is 5.75 Å². The number of carbonyl (C=O) groups is 1. The normalized spacial score (nSPS) is 10.3.